The van der Waals surface area contributed by atoms with Crippen molar-refractivity contribution in [3.05, 3.63) is 0 Å². The standard InChI is InChI=1S/C3H8N4/c4-6-7-2-1-5-3-7/h3,6H,1-2,4H2. The van der Waals surface area contributed by atoms with Gasteiger partial charge in [-0.3, -0.25) is 15.8 Å². The molecule has 1 aliphatic rings. The fourth-order valence-electron chi connectivity index (χ4n) is 0.477. The van der Waals surface area contributed by atoms with Gasteiger partial charge in [-0.15, -0.1) is 0 Å². The molecule has 0 amide bonds. The number of rotatable bonds is 1. The minimum atomic E-state index is 0.851. The summed E-state index contributed by atoms with van der Waals surface area (Å²) in [5, 5.41) is 1.72. The number of nitrogens with two attached hydrogens (primary N) is 1. The molecule has 0 saturated carbocycles. The summed E-state index contributed by atoms with van der Waals surface area (Å²) in [6.45, 7) is 1.74. The van der Waals surface area contributed by atoms with E-state index >= 15 is 0 Å². The van der Waals surface area contributed by atoms with Crippen molar-refractivity contribution in [2.24, 2.45) is 10.8 Å². The van der Waals surface area contributed by atoms with Crippen molar-refractivity contribution >= 4 is 6.34 Å². The van der Waals surface area contributed by atoms with Crippen LogP contribution in [0.4, 0.5) is 0 Å². The molecule has 0 radical (unpaired) electrons. The number of nitrogens with zero attached hydrogens (tertiary/aromatic N) is 2. The molecule has 0 aliphatic carbocycles. The Bertz CT molecular complexity index is 79.0. The molecule has 0 aromatic heterocycles. The van der Waals surface area contributed by atoms with Gasteiger partial charge in [0, 0.05) is 0 Å². The first-order chi connectivity index (χ1) is 3.43. The molecule has 4 nitrogen and oxygen atoms in total. The molecule has 4 heteroatoms. The molecule has 1 aliphatic heterocycles. The van der Waals surface area contributed by atoms with E-state index in [9.17, 15) is 0 Å². The third-order valence-electron chi connectivity index (χ3n) is 0.857. The first-order valence-corrected chi connectivity index (χ1v) is 2.16. The summed E-state index contributed by atoms with van der Waals surface area (Å²) in [6, 6.07) is 0. The maximum Gasteiger partial charge on any atom is 0.100 e. The van der Waals surface area contributed by atoms with E-state index in [1.807, 2.05) is 0 Å². The van der Waals surface area contributed by atoms with Crippen LogP contribution in [0.15, 0.2) is 4.99 Å². The lowest BCUT2D eigenvalue weighted by atomic mass is 10.7. The van der Waals surface area contributed by atoms with E-state index in [2.05, 4.69) is 10.5 Å². The first kappa shape index (κ1) is 4.55. The smallest absolute Gasteiger partial charge is 0.100 e. The highest BCUT2D eigenvalue weighted by atomic mass is 15.6. The predicted molar refractivity (Wildman–Crippen MR) is 27.4 cm³/mol. The largest absolute Gasteiger partial charge is 0.283 e. The average Bonchev–Trinajstić information content (AvgIpc) is 2.14. The van der Waals surface area contributed by atoms with Crippen LogP contribution in [0.2, 0.25) is 0 Å². The second-order valence-electron chi connectivity index (χ2n) is 1.34. The summed E-state index contributed by atoms with van der Waals surface area (Å²) in [4.78, 5) is 3.89. The summed E-state index contributed by atoms with van der Waals surface area (Å²) in [5.41, 5.74) is 2.45. The molecule has 0 bridgehead atoms. The zero-order valence-electron chi connectivity index (χ0n) is 3.96. The molecule has 0 aromatic rings. The van der Waals surface area contributed by atoms with Gasteiger partial charge in [0.2, 0.25) is 0 Å². The van der Waals surface area contributed by atoms with Crippen molar-refractivity contribution in [3.8, 4) is 0 Å². The van der Waals surface area contributed by atoms with Crippen molar-refractivity contribution in [2.45, 2.75) is 0 Å². The maximum absolute atomic E-state index is 5.02. The van der Waals surface area contributed by atoms with E-state index in [-0.39, 0.29) is 0 Å². The van der Waals surface area contributed by atoms with Gasteiger partial charge in [-0.1, -0.05) is 0 Å². The third kappa shape index (κ3) is 0.880. The van der Waals surface area contributed by atoms with E-state index in [1.165, 1.54) is 0 Å². The molecule has 7 heavy (non-hydrogen) atoms. The van der Waals surface area contributed by atoms with Gasteiger partial charge >= 0.3 is 0 Å². The van der Waals surface area contributed by atoms with E-state index in [4.69, 9.17) is 5.84 Å². The van der Waals surface area contributed by atoms with Gasteiger partial charge < -0.3 is 0 Å². The topological polar surface area (TPSA) is 53.6 Å². The second kappa shape index (κ2) is 1.90. The lowest BCUT2D eigenvalue weighted by molar-refractivity contribution is 0.351. The lowest BCUT2D eigenvalue weighted by Gasteiger charge is -2.08. The number of hydrogen-bond acceptors (Lipinski definition) is 4. The molecule has 0 atom stereocenters. The average molecular weight is 100 g/mol. The quantitative estimate of drug-likeness (QED) is 0.318. The zero-order valence-corrected chi connectivity index (χ0v) is 3.96. The highest BCUT2D eigenvalue weighted by molar-refractivity contribution is 5.55. The normalized spacial score (nSPS) is 18.7. The molecule has 0 unspecified atom stereocenters. The van der Waals surface area contributed by atoms with Crippen molar-refractivity contribution in [3.63, 3.8) is 0 Å². The van der Waals surface area contributed by atoms with Crippen molar-refractivity contribution < 1.29 is 0 Å². The van der Waals surface area contributed by atoms with Gasteiger partial charge in [0.25, 0.3) is 0 Å². The van der Waals surface area contributed by atoms with Crippen LogP contribution in [0.3, 0.4) is 0 Å². The van der Waals surface area contributed by atoms with Crippen LogP contribution in [0.25, 0.3) is 0 Å². The van der Waals surface area contributed by atoms with E-state index < -0.39 is 0 Å². The maximum atomic E-state index is 5.02. The number of aliphatic imine (C=N–C) groups is 1. The highest BCUT2D eigenvalue weighted by Crippen LogP contribution is 1.83. The van der Waals surface area contributed by atoms with Crippen LogP contribution in [0, 0.1) is 0 Å². The summed E-state index contributed by atoms with van der Waals surface area (Å²) >= 11 is 0. The van der Waals surface area contributed by atoms with Gasteiger partial charge in [0.05, 0.1) is 13.1 Å². The number of hydrogen-bond donors (Lipinski definition) is 2. The van der Waals surface area contributed by atoms with Gasteiger partial charge in [-0.2, -0.15) is 5.53 Å². The number of hydrazine groups is 2. The van der Waals surface area contributed by atoms with Crippen molar-refractivity contribution in [1.29, 1.82) is 0 Å². The first-order valence-electron chi connectivity index (χ1n) is 2.16. The monoisotopic (exact) mass is 100 g/mol. The predicted octanol–water partition coefficient (Wildman–Crippen LogP) is -1.29. The lowest BCUT2D eigenvalue weighted by Crippen LogP contribution is -2.40. The molecule has 0 spiro atoms. The van der Waals surface area contributed by atoms with Gasteiger partial charge in [0.1, 0.15) is 6.34 Å². The van der Waals surface area contributed by atoms with Gasteiger partial charge in [-0.25, -0.2) is 0 Å². The van der Waals surface area contributed by atoms with Crippen LogP contribution in [0.5, 0.6) is 0 Å². The zero-order chi connectivity index (χ0) is 5.11. The molecule has 0 saturated heterocycles. The Morgan fingerprint density at radius 3 is 3.00 bits per heavy atom. The van der Waals surface area contributed by atoms with Crippen LogP contribution in [-0.2, 0) is 0 Å². The Balaban J connectivity index is 2.28. The van der Waals surface area contributed by atoms with Crippen molar-refractivity contribution in [2.75, 3.05) is 13.1 Å². The fourth-order valence-corrected chi connectivity index (χ4v) is 0.477. The third-order valence-corrected chi connectivity index (χ3v) is 0.857. The Hall–Kier alpha value is -0.610. The Kier molecular flexibility index (Phi) is 1.24. The summed E-state index contributed by atoms with van der Waals surface area (Å²) in [5.74, 6) is 5.02. The Morgan fingerprint density at radius 1 is 1.86 bits per heavy atom. The van der Waals surface area contributed by atoms with Crippen LogP contribution in [-0.4, -0.2) is 24.4 Å². The minimum Gasteiger partial charge on any atom is -0.283 e. The molecular formula is C3H8N4. The summed E-state index contributed by atoms with van der Waals surface area (Å²) < 4.78 is 0. The Labute approximate surface area is 41.9 Å². The minimum absolute atomic E-state index is 0.851. The number of nitrogens with one attached hydrogen (secondary N) is 1. The van der Waals surface area contributed by atoms with E-state index in [1.54, 1.807) is 11.3 Å². The Morgan fingerprint density at radius 2 is 2.71 bits per heavy atom. The SMILES string of the molecule is NNN1C=NCC1. The van der Waals surface area contributed by atoms with Crippen molar-refractivity contribution in [1.82, 2.24) is 10.5 Å². The molecule has 1 rings (SSSR count). The molecule has 0 aromatic carbocycles. The molecular weight excluding hydrogens is 92.1 g/mol. The second-order valence-corrected chi connectivity index (χ2v) is 1.34. The molecule has 40 valence electrons. The van der Waals surface area contributed by atoms with Crippen LogP contribution >= 0.6 is 0 Å². The van der Waals surface area contributed by atoms with E-state index in [0.717, 1.165) is 13.1 Å². The van der Waals surface area contributed by atoms with E-state index in [0.29, 0.717) is 0 Å². The molecule has 3 N–H and O–H groups in total. The summed E-state index contributed by atoms with van der Waals surface area (Å²) in [6.07, 6.45) is 1.68. The molecule has 1 heterocycles. The van der Waals surface area contributed by atoms with Crippen LogP contribution in [0.1, 0.15) is 0 Å². The summed E-state index contributed by atoms with van der Waals surface area (Å²) in [7, 11) is 0. The van der Waals surface area contributed by atoms with Gasteiger partial charge in [-0.05, 0) is 0 Å². The fraction of sp³-hybridized carbons (Fsp3) is 0.667. The highest BCUT2D eigenvalue weighted by Gasteiger charge is 1.99. The van der Waals surface area contributed by atoms with Crippen LogP contribution < -0.4 is 11.4 Å². The van der Waals surface area contributed by atoms with Gasteiger partial charge in [0.15, 0.2) is 0 Å². The molecule has 0 fully saturated rings.